The van der Waals surface area contributed by atoms with E-state index < -0.39 is 5.82 Å². The van der Waals surface area contributed by atoms with Crippen molar-refractivity contribution in [2.45, 2.75) is 10.9 Å². The van der Waals surface area contributed by atoms with Crippen LogP contribution in [0.15, 0.2) is 63.0 Å². The van der Waals surface area contributed by atoms with E-state index in [1.54, 1.807) is 19.2 Å². The zero-order valence-corrected chi connectivity index (χ0v) is 17.1. The number of thioether (sulfide) groups is 1. The molecule has 0 spiro atoms. The maximum atomic E-state index is 13.6. The lowest BCUT2D eigenvalue weighted by molar-refractivity contribution is 0.391. The van der Waals surface area contributed by atoms with Crippen LogP contribution in [0, 0.1) is 5.82 Å². The van der Waals surface area contributed by atoms with Crippen molar-refractivity contribution in [1.29, 1.82) is 0 Å². The fourth-order valence-corrected chi connectivity index (χ4v) is 3.46. The summed E-state index contributed by atoms with van der Waals surface area (Å²) in [7, 11) is 1.57. The molecule has 0 fully saturated rings. The molecule has 2 aromatic heterocycles. The molecule has 0 bridgehead atoms. The zero-order valence-electron chi connectivity index (χ0n) is 15.6. The summed E-state index contributed by atoms with van der Waals surface area (Å²) in [5, 5.41) is 4.27. The van der Waals surface area contributed by atoms with Crippen LogP contribution in [0.5, 0.6) is 5.75 Å². The van der Waals surface area contributed by atoms with Crippen molar-refractivity contribution < 1.29 is 13.7 Å². The van der Waals surface area contributed by atoms with Gasteiger partial charge in [-0.25, -0.2) is 9.37 Å². The van der Waals surface area contributed by atoms with Gasteiger partial charge in [-0.05, 0) is 30.3 Å². The number of ether oxygens (including phenoxy) is 1. The third-order valence-electron chi connectivity index (χ3n) is 4.06. The second-order valence-electron chi connectivity index (χ2n) is 6.10. The van der Waals surface area contributed by atoms with Gasteiger partial charge in [0.15, 0.2) is 5.16 Å². The number of H-pyrrole nitrogens is 1. The highest BCUT2D eigenvalue weighted by Gasteiger charge is 2.12. The fraction of sp³-hybridized carbons (Fsp3) is 0.100. The highest BCUT2D eigenvalue weighted by molar-refractivity contribution is 7.98. The summed E-state index contributed by atoms with van der Waals surface area (Å²) in [6.07, 6.45) is 0. The minimum absolute atomic E-state index is 0.0176. The van der Waals surface area contributed by atoms with Gasteiger partial charge in [0.05, 0.1) is 23.6 Å². The number of benzene rings is 2. The van der Waals surface area contributed by atoms with Gasteiger partial charge < -0.3 is 14.2 Å². The minimum atomic E-state index is -0.564. The topological polar surface area (TPSA) is 93.9 Å². The van der Waals surface area contributed by atoms with Crippen LogP contribution in [0.2, 0.25) is 5.02 Å². The van der Waals surface area contributed by atoms with Gasteiger partial charge in [0.25, 0.3) is 5.56 Å². The SMILES string of the molecule is COc1cccc(-c2cc(=O)[nH]c(SCc3nc(-c4ccc(Cl)c(F)c4)no3)n2)c1. The molecule has 0 aliphatic carbocycles. The lowest BCUT2D eigenvalue weighted by Crippen LogP contribution is -2.08. The summed E-state index contributed by atoms with van der Waals surface area (Å²) in [5.41, 5.74) is 1.44. The number of aromatic nitrogens is 4. The molecule has 1 N–H and O–H groups in total. The molecule has 10 heteroatoms. The Morgan fingerprint density at radius 3 is 2.83 bits per heavy atom. The molecule has 4 aromatic rings. The Balaban J connectivity index is 1.51. The van der Waals surface area contributed by atoms with Crippen molar-refractivity contribution in [1.82, 2.24) is 20.1 Å². The Morgan fingerprint density at radius 2 is 2.03 bits per heavy atom. The Labute approximate surface area is 179 Å². The van der Waals surface area contributed by atoms with Gasteiger partial charge in [-0.2, -0.15) is 4.98 Å². The minimum Gasteiger partial charge on any atom is -0.497 e. The smallest absolute Gasteiger partial charge is 0.252 e. The van der Waals surface area contributed by atoms with Gasteiger partial charge in [-0.1, -0.05) is 40.7 Å². The van der Waals surface area contributed by atoms with Crippen LogP contribution in [0.1, 0.15) is 5.89 Å². The lowest BCUT2D eigenvalue weighted by atomic mass is 10.1. The molecule has 0 atom stereocenters. The van der Waals surface area contributed by atoms with E-state index in [0.29, 0.717) is 28.1 Å². The predicted octanol–water partition coefficient (Wildman–Crippen LogP) is 4.58. The van der Waals surface area contributed by atoms with Crippen LogP contribution in [0.25, 0.3) is 22.6 Å². The van der Waals surface area contributed by atoms with E-state index in [-0.39, 0.29) is 22.2 Å². The Bertz CT molecular complexity index is 1260. The largest absolute Gasteiger partial charge is 0.497 e. The van der Waals surface area contributed by atoms with Gasteiger partial charge in [0, 0.05) is 17.2 Å². The Kier molecular flexibility index (Phi) is 5.82. The second kappa shape index (κ2) is 8.68. The summed E-state index contributed by atoms with van der Waals surface area (Å²) in [4.78, 5) is 23.5. The summed E-state index contributed by atoms with van der Waals surface area (Å²) in [6.45, 7) is 0. The molecule has 4 rings (SSSR count). The van der Waals surface area contributed by atoms with Crippen LogP contribution < -0.4 is 10.3 Å². The summed E-state index contributed by atoms with van der Waals surface area (Å²) < 4.78 is 24.1. The van der Waals surface area contributed by atoms with Crippen LogP contribution in [0.3, 0.4) is 0 Å². The molecule has 152 valence electrons. The van der Waals surface area contributed by atoms with Gasteiger partial charge in [0.1, 0.15) is 11.6 Å². The monoisotopic (exact) mass is 444 g/mol. The highest BCUT2D eigenvalue weighted by atomic mass is 35.5. The normalized spacial score (nSPS) is 10.9. The maximum Gasteiger partial charge on any atom is 0.252 e. The fourth-order valence-electron chi connectivity index (χ4n) is 2.63. The number of methoxy groups -OCH3 is 1. The first-order chi connectivity index (χ1) is 14.5. The third kappa shape index (κ3) is 4.52. The van der Waals surface area contributed by atoms with Crippen LogP contribution in [-0.4, -0.2) is 27.2 Å². The summed E-state index contributed by atoms with van der Waals surface area (Å²) in [6, 6.07) is 13.0. The highest BCUT2D eigenvalue weighted by Crippen LogP contribution is 2.26. The number of hydrogen-bond donors (Lipinski definition) is 1. The van der Waals surface area contributed by atoms with Crippen LogP contribution >= 0.6 is 23.4 Å². The number of hydrogen-bond acceptors (Lipinski definition) is 7. The van der Waals surface area contributed by atoms with Crippen molar-refractivity contribution in [2.75, 3.05) is 7.11 Å². The van der Waals surface area contributed by atoms with E-state index in [1.807, 2.05) is 18.2 Å². The molecule has 0 aliphatic rings. The third-order valence-corrected chi connectivity index (χ3v) is 5.23. The van der Waals surface area contributed by atoms with E-state index in [2.05, 4.69) is 20.1 Å². The number of rotatable bonds is 6. The van der Waals surface area contributed by atoms with Crippen molar-refractivity contribution >= 4 is 23.4 Å². The molecule has 0 radical (unpaired) electrons. The first-order valence-electron chi connectivity index (χ1n) is 8.68. The summed E-state index contributed by atoms with van der Waals surface area (Å²) >= 11 is 6.92. The molecule has 0 amide bonds. The van der Waals surface area contributed by atoms with Crippen LogP contribution in [0.4, 0.5) is 4.39 Å². The molecule has 0 saturated carbocycles. The van der Waals surface area contributed by atoms with Crippen molar-refractivity contribution in [2.24, 2.45) is 0 Å². The van der Waals surface area contributed by atoms with E-state index in [0.717, 1.165) is 5.56 Å². The lowest BCUT2D eigenvalue weighted by Gasteiger charge is -2.05. The molecule has 0 saturated heterocycles. The van der Waals surface area contributed by atoms with Gasteiger partial charge in [-0.3, -0.25) is 4.79 Å². The maximum absolute atomic E-state index is 13.6. The van der Waals surface area contributed by atoms with Crippen LogP contribution in [-0.2, 0) is 5.75 Å². The summed E-state index contributed by atoms with van der Waals surface area (Å²) in [5.74, 6) is 0.924. The van der Waals surface area contributed by atoms with Crippen molar-refractivity contribution in [3.8, 4) is 28.4 Å². The molecule has 30 heavy (non-hydrogen) atoms. The molecule has 0 aliphatic heterocycles. The molecule has 7 nitrogen and oxygen atoms in total. The first kappa shape index (κ1) is 20.1. The quantitative estimate of drug-likeness (QED) is 0.343. The zero-order chi connectivity index (χ0) is 21.1. The van der Waals surface area contributed by atoms with Crippen molar-refractivity contribution in [3.63, 3.8) is 0 Å². The number of nitrogens with one attached hydrogen (secondary N) is 1. The van der Waals surface area contributed by atoms with Crippen molar-refractivity contribution in [3.05, 3.63) is 75.6 Å². The van der Waals surface area contributed by atoms with E-state index in [1.165, 1.54) is 30.0 Å². The Hall–Kier alpha value is -3.17. The molecular weight excluding hydrogens is 431 g/mol. The Morgan fingerprint density at radius 1 is 1.17 bits per heavy atom. The van der Waals surface area contributed by atoms with E-state index >= 15 is 0 Å². The van der Waals surface area contributed by atoms with Gasteiger partial charge in [0.2, 0.25) is 11.7 Å². The molecule has 2 heterocycles. The van der Waals surface area contributed by atoms with E-state index in [9.17, 15) is 9.18 Å². The van der Waals surface area contributed by atoms with E-state index in [4.69, 9.17) is 20.9 Å². The molecule has 2 aromatic carbocycles. The van der Waals surface area contributed by atoms with Gasteiger partial charge in [-0.15, -0.1) is 0 Å². The molecular formula is C20H14ClFN4O3S. The average molecular weight is 445 g/mol. The second-order valence-corrected chi connectivity index (χ2v) is 7.47. The predicted molar refractivity (Wildman–Crippen MR) is 111 cm³/mol. The molecule has 0 unspecified atom stereocenters. The first-order valence-corrected chi connectivity index (χ1v) is 10.0. The standard InChI is InChI=1S/C20H14ClFN4O3S/c1-28-13-4-2-3-11(7-13)16-9-17(27)24-20(23-16)30-10-18-25-19(26-29-18)12-5-6-14(21)15(22)8-12/h2-9H,10H2,1H3,(H,23,24,27). The number of aromatic amines is 1. The number of halogens is 2. The van der Waals surface area contributed by atoms with Gasteiger partial charge >= 0.3 is 0 Å². The average Bonchev–Trinajstić information content (AvgIpc) is 3.23. The number of nitrogens with zero attached hydrogens (tertiary/aromatic N) is 3.